The predicted molar refractivity (Wildman–Crippen MR) is 113 cm³/mol. The number of rotatable bonds is 3. The fourth-order valence-electron chi connectivity index (χ4n) is 5.10. The van der Waals surface area contributed by atoms with Crippen LogP contribution in [0.15, 0.2) is 48.5 Å². The first-order chi connectivity index (χ1) is 15.6. The first-order valence-corrected chi connectivity index (χ1v) is 10.8. The van der Waals surface area contributed by atoms with Crippen LogP contribution in [0.5, 0.6) is 5.75 Å². The Hall–Kier alpha value is -3.68. The SMILES string of the molecule is O=C1NC2(CCOc3ccccc32)C(=O)N1Cc1nn(-c2ccc(F)cc2)c2c1CCC2. The number of hydrogen-bond acceptors (Lipinski definition) is 4. The molecule has 2 aromatic carbocycles. The van der Waals surface area contributed by atoms with E-state index in [9.17, 15) is 14.0 Å². The Balaban J connectivity index is 1.36. The number of ether oxygens (including phenoxy) is 1. The van der Waals surface area contributed by atoms with E-state index < -0.39 is 11.6 Å². The molecule has 1 spiro atoms. The summed E-state index contributed by atoms with van der Waals surface area (Å²) in [5, 5.41) is 7.68. The van der Waals surface area contributed by atoms with Gasteiger partial charge in [-0.2, -0.15) is 5.10 Å². The zero-order chi connectivity index (χ0) is 21.9. The minimum atomic E-state index is -1.10. The fraction of sp³-hybridized carbons (Fsp3) is 0.292. The highest BCUT2D eigenvalue weighted by atomic mass is 19.1. The topological polar surface area (TPSA) is 76.5 Å². The molecule has 3 heterocycles. The van der Waals surface area contributed by atoms with Crippen LogP contribution in [0.25, 0.3) is 5.69 Å². The predicted octanol–water partition coefficient (Wildman–Crippen LogP) is 3.23. The Kier molecular flexibility index (Phi) is 4.11. The summed E-state index contributed by atoms with van der Waals surface area (Å²) in [6.07, 6.45) is 3.06. The number of hydrogen-bond donors (Lipinski definition) is 1. The molecule has 0 radical (unpaired) electrons. The number of urea groups is 1. The first kappa shape index (κ1) is 19.0. The molecule has 0 bridgehead atoms. The maximum absolute atomic E-state index is 13.6. The summed E-state index contributed by atoms with van der Waals surface area (Å²) in [5.74, 6) is 0.0382. The standard InChI is InChI=1S/C24H21FN4O3/c25-15-8-10-16(11-9-15)29-20-6-3-4-17(20)19(27-29)14-28-22(30)24(26-23(28)31)12-13-32-21-7-2-1-5-18(21)24/h1-2,5,7-11H,3-4,6,12-14H2,(H,26,31). The minimum Gasteiger partial charge on any atom is -0.493 e. The molecule has 1 atom stereocenters. The molecule has 8 heteroatoms. The molecule has 2 aliphatic heterocycles. The van der Waals surface area contributed by atoms with Crippen LogP contribution in [0.2, 0.25) is 0 Å². The van der Waals surface area contributed by atoms with Crippen LogP contribution in [-0.4, -0.2) is 33.2 Å². The zero-order valence-electron chi connectivity index (χ0n) is 17.3. The molecule has 3 aliphatic rings. The lowest BCUT2D eigenvalue weighted by Gasteiger charge is -2.33. The molecular formula is C24H21FN4O3. The van der Waals surface area contributed by atoms with Crippen molar-refractivity contribution in [3.8, 4) is 11.4 Å². The van der Waals surface area contributed by atoms with Gasteiger partial charge in [-0.1, -0.05) is 18.2 Å². The van der Waals surface area contributed by atoms with Gasteiger partial charge >= 0.3 is 6.03 Å². The third-order valence-corrected chi connectivity index (χ3v) is 6.65. The van der Waals surface area contributed by atoms with Crippen LogP contribution in [0.1, 0.15) is 35.4 Å². The monoisotopic (exact) mass is 432 g/mol. The van der Waals surface area contributed by atoms with E-state index in [2.05, 4.69) is 5.32 Å². The molecule has 6 rings (SSSR count). The molecule has 1 aromatic heterocycles. The average Bonchev–Trinajstić information content (AvgIpc) is 3.46. The molecule has 1 N–H and O–H groups in total. The zero-order valence-corrected chi connectivity index (χ0v) is 17.3. The van der Waals surface area contributed by atoms with E-state index in [0.717, 1.165) is 36.2 Å². The van der Waals surface area contributed by atoms with Gasteiger partial charge in [0.05, 0.1) is 24.5 Å². The Morgan fingerprint density at radius 1 is 1.09 bits per heavy atom. The second kappa shape index (κ2) is 6.91. The van der Waals surface area contributed by atoms with Crippen molar-refractivity contribution in [1.82, 2.24) is 20.0 Å². The number of nitrogens with zero attached hydrogens (tertiary/aromatic N) is 3. The number of imide groups is 1. The van der Waals surface area contributed by atoms with Crippen molar-refractivity contribution < 1.29 is 18.7 Å². The fourth-order valence-corrected chi connectivity index (χ4v) is 5.10. The number of para-hydroxylation sites is 1. The van der Waals surface area contributed by atoms with Crippen molar-refractivity contribution in [3.63, 3.8) is 0 Å². The highest BCUT2D eigenvalue weighted by molar-refractivity contribution is 6.07. The molecule has 0 saturated carbocycles. The Labute approximate surface area is 183 Å². The van der Waals surface area contributed by atoms with Gasteiger partial charge in [-0.05, 0) is 55.2 Å². The van der Waals surface area contributed by atoms with Crippen LogP contribution in [0.4, 0.5) is 9.18 Å². The lowest BCUT2D eigenvalue weighted by molar-refractivity contribution is -0.133. The van der Waals surface area contributed by atoms with Gasteiger partial charge in [0.25, 0.3) is 5.91 Å². The number of halogens is 1. The second-order valence-electron chi connectivity index (χ2n) is 8.44. The van der Waals surface area contributed by atoms with Crippen LogP contribution in [-0.2, 0) is 29.7 Å². The number of amides is 3. The summed E-state index contributed by atoms with van der Waals surface area (Å²) in [6.45, 7) is 0.456. The summed E-state index contributed by atoms with van der Waals surface area (Å²) >= 11 is 0. The van der Waals surface area contributed by atoms with Gasteiger partial charge in [0.15, 0.2) is 5.54 Å². The van der Waals surface area contributed by atoms with Crippen molar-refractivity contribution in [3.05, 3.63) is 76.9 Å². The molecule has 1 fully saturated rings. The molecule has 1 unspecified atom stereocenters. The molecule has 1 aliphatic carbocycles. The molecule has 162 valence electrons. The highest BCUT2D eigenvalue weighted by Gasteiger charge is 2.55. The lowest BCUT2D eigenvalue weighted by Crippen LogP contribution is -2.47. The average molecular weight is 432 g/mol. The summed E-state index contributed by atoms with van der Waals surface area (Å²) in [6, 6.07) is 13.1. The van der Waals surface area contributed by atoms with Crippen molar-refractivity contribution >= 4 is 11.9 Å². The van der Waals surface area contributed by atoms with Crippen molar-refractivity contribution in [2.24, 2.45) is 0 Å². The number of aromatic nitrogens is 2. The van der Waals surface area contributed by atoms with E-state index in [-0.39, 0.29) is 18.3 Å². The van der Waals surface area contributed by atoms with E-state index >= 15 is 0 Å². The minimum absolute atomic E-state index is 0.103. The van der Waals surface area contributed by atoms with Gasteiger partial charge in [0, 0.05) is 17.7 Å². The maximum Gasteiger partial charge on any atom is 0.325 e. The molecule has 3 amide bonds. The summed E-state index contributed by atoms with van der Waals surface area (Å²) < 4.78 is 20.9. The number of nitrogens with one attached hydrogen (secondary N) is 1. The quantitative estimate of drug-likeness (QED) is 0.645. The number of carbonyl (C=O) groups is 2. The van der Waals surface area contributed by atoms with Gasteiger partial charge in [0.2, 0.25) is 0 Å². The Morgan fingerprint density at radius 3 is 2.75 bits per heavy atom. The smallest absolute Gasteiger partial charge is 0.325 e. The molecule has 1 saturated heterocycles. The number of fused-ring (bicyclic) bond motifs is 3. The summed E-state index contributed by atoms with van der Waals surface area (Å²) in [7, 11) is 0. The van der Waals surface area contributed by atoms with E-state index in [1.54, 1.807) is 12.1 Å². The molecule has 3 aromatic rings. The van der Waals surface area contributed by atoms with Crippen LogP contribution in [0.3, 0.4) is 0 Å². The van der Waals surface area contributed by atoms with E-state index in [4.69, 9.17) is 9.84 Å². The van der Waals surface area contributed by atoms with Crippen LogP contribution >= 0.6 is 0 Å². The second-order valence-corrected chi connectivity index (χ2v) is 8.44. The number of benzene rings is 2. The first-order valence-electron chi connectivity index (χ1n) is 10.8. The Bertz CT molecular complexity index is 1250. The molecule has 7 nitrogen and oxygen atoms in total. The molecule has 32 heavy (non-hydrogen) atoms. The van der Waals surface area contributed by atoms with Crippen LogP contribution in [0, 0.1) is 5.82 Å². The normalized spacial score (nSPS) is 21.5. The van der Waals surface area contributed by atoms with Crippen LogP contribution < -0.4 is 10.1 Å². The van der Waals surface area contributed by atoms with E-state index in [1.807, 2.05) is 28.9 Å². The third-order valence-electron chi connectivity index (χ3n) is 6.65. The van der Waals surface area contributed by atoms with Gasteiger partial charge in [-0.3, -0.25) is 9.69 Å². The summed E-state index contributed by atoms with van der Waals surface area (Å²) in [5.41, 5.74) is 3.20. The highest BCUT2D eigenvalue weighted by Crippen LogP contribution is 2.41. The lowest BCUT2D eigenvalue weighted by atomic mass is 9.84. The van der Waals surface area contributed by atoms with Gasteiger partial charge in [-0.15, -0.1) is 0 Å². The summed E-state index contributed by atoms with van der Waals surface area (Å²) in [4.78, 5) is 27.8. The van der Waals surface area contributed by atoms with E-state index in [0.29, 0.717) is 30.0 Å². The van der Waals surface area contributed by atoms with E-state index in [1.165, 1.54) is 17.0 Å². The van der Waals surface area contributed by atoms with Crippen molar-refractivity contribution in [1.29, 1.82) is 0 Å². The maximum atomic E-state index is 13.6. The largest absolute Gasteiger partial charge is 0.493 e. The van der Waals surface area contributed by atoms with Gasteiger partial charge in [-0.25, -0.2) is 13.9 Å². The van der Waals surface area contributed by atoms with Gasteiger partial charge in [0.1, 0.15) is 11.6 Å². The van der Waals surface area contributed by atoms with Crippen molar-refractivity contribution in [2.75, 3.05) is 6.61 Å². The number of carbonyl (C=O) groups excluding carboxylic acids is 2. The van der Waals surface area contributed by atoms with Crippen molar-refractivity contribution in [2.45, 2.75) is 37.8 Å². The molecular weight excluding hydrogens is 411 g/mol. The van der Waals surface area contributed by atoms with Gasteiger partial charge < -0.3 is 10.1 Å². The third kappa shape index (κ3) is 2.68. The Morgan fingerprint density at radius 2 is 1.91 bits per heavy atom.